The van der Waals surface area contributed by atoms with E-state index < -0.39 is 5.51 Å². The first-order valence-electron chi connectivity index (χ1n) is 8.85. The first-order valence-corrected chi connectivity index (χ1v) is 9.67. The fourth-order valence-corrected chi connectivity index (χ4v) is 4.20. The molecule has 2 aliphatic rings. The van der Waals surface area contributed by atoms with E-state index in [-0.39, 0.29) is 22.2 Å². The Bertz CT molecular complexity index is 805. The zero-order valence-corrected chi connectivity index (χ0v) is 15.8. The summed E-state index contributed by atoms with van der Waals surface area (Å²) >= 11 is -0.0709. The van der Waals surface area contributed by atoms with Crippen molar-refractivity contribution >= 4 is 23.3 Å². The highest BCUT2D eigenvalue weighted by atomic mass is 32.2. The predicted octanol–water partition coefficient (Wildman–Crippen LogP) is 4.55. The number of rotatable bonds is 5. The number of nitrogens with one attached hydrogen (secondary N) is 1. The van der Waals surface area contributed by atoms with E-state index in [0.29, 0.717) is 0 Å². The molecule has 1 saturated carbocycles. The van der Waals surface area contributed by atoms with Crippen molar-refractivity contribution in [1.82, 2.24) is 9.88 Å². The summed E-state index contributed by atoms with van der Waals surface area (Å²) in [5.74, 6) is 0.853. The van der Waals surface area contributed by atoms with E-state index in [4.69, 9.17) is 0 Å². The topological polar surface area (TPSA) is 31.4 Å². The highest BCUT2D eigenvalue weighted by Gasteiger charge is 2.53. The Labute approximate surface area is 160 Å². The molecule has 2 heterocycles. The molecule has 1 aromatic carbocycles. The Morgan fingerprint density at radius 2 is 1.93 bits per heavy atom. The van der Waals surface area contributed by atoms with Gasteiger partial charge in [0, 0.05) is 42.5 Å². The molecule has 0 bridgehead atoms. The van der Waals surface area contributed by atoms with Gasteiger partial charge in [-0.25, -0.2) is 4.98 Å². The SMILES string of the molecule is CNc1cc(CN2CN(c3ccc(SC(F)(F)F)cc3)CC23CC3)ccn1. The number of nitrogens with zero attached hydrogens (tertiary/aromatic N) is 3. The van der Waals surface area contributed by atoms with E-state index in [2.05, 4.69) is 26.2 Å². The maximum Gasteiger partial charge on any atom is 0.446 e. The van der Waals surface area contributed by atoms with E-state index in [1.54, 1.807) is 24.3 Å². The van der Waals surface area contributed by atoms with Crippen LogP contribution in [0.5, 0.6) is 0 Å². The normalized spacial score (nSPS) is 18.9. The van der Waals surface area contributed by atoms with Gasteiger partial charge in [-0.3, -0.25) is 4.90 Å². The molecule has 1 aliphatic heterocycles. The van der Waals surface area contributed by atoms with Gasteiger partial charge in [0.2, 0.25) is 0 Å². The number of hydrogen-bond acceptors (Lipinski definition) is 5. The van der Waals surface area contributed by atoms with Crippen LogP contribution in [0, 0.1) is 0 Å². The zero-order valence-electron chi connectivity index (χ0n) is 15.0. The molecular weight excluding hydrogens is 373 g/mol. The molecule has 1 saturated heterocycles. The maximum absolute atomic E-state index is 12.5. The minimum absolute atomic E-state index is 0.0709. The molecule has 1 spiro atoms. The van der Waals surface area contributed by atoms with Crippen molar-refractivity contribution in [2.75, 3.05) is 30.5 Å². The molecular formula is C19H21F3N4S. The van der Waals surface area contributed by atoms with Crippen LogP contribution in [0.2, 0.25) is 0 Å². The van der Waals surface area contributed by atoms with Crippen LogP contribution in [0.3, 0.4) is 0 Å². The molecule has 0 atom stereocenters. The van der Waals surface area contributed by atoms with E-state index in [1.165, 1.54) is 5.56 Å². The summed E-state index contributed by atoms with van der Waals surface area (Å²) in [5, 5.41) is 3.06. The van der Waals surface area contributed by atoms with Crippen LogP contribution >= 0.6 is 11.8 Å². The lowest BCUT2D eigenvalue weighted by Gasteiger charge is -2.22. The number of pyridine rings is 1. The van der Waals surface area contributed by atoms with Gasteiger partial charge in [-0.2, -0.15) is 13.2 Å². The second kappa shape index (κ2) is 6.91. The Kier molecular flexibility index (Phi) is 4.71. The summed E-state index contributed by atoms with van der Waals surface area (Å²) in [6, 6.07) is 10.8. The van der Waals surface area contributed by atoms with Crippen LogP contribution in [0.15, 0.2) is 47.5 Å². The zero-order chi connectivity index (χ0) is 19.1. The Morgan fingerprint density at radius 3 is 2.56 bits per heavy atom. The average Bonchev–Trinajstić information content (AvgIpc) is 3.32. The molecule has 4 rings (SSSR count). The minimum atomic E-state index is -4.25. The van der Waals surface area contributed by atoms with Crippen LogP contribution in [0.1, 0.15) is 18.4 Å². The molecule has 2 fully saturated rings. The molecule has 1 aliphatic carbocycles. The molecule has 1 aromatic heterocycles. The summed E-state index contributed by atoms with van der Waals surface area (Å²) in [6.45, 7) is 2.54. The van der Waals surface area contributed by atoms with Gasteiger partial charge in [-0.05, 0) is 66.6 Å². The second-order valence-electron chi connectivity index (χ2n) is 7.10. The van der Waals surface area contributed by atoms with Gasteiger partial charge in [0.1, 0.15) is 5.82 Å². The van der Waals surface area contributed by atoms with Crippen molar-refractivity contribution in [2.45, 2.75) is 35.3 Å². The summed E-state index contributed by atoms with van der Waals surface area (Å²) in [5.41, 5.74) is -1.87. The molecule has 0 radical (unpaired) electrons. The number of benzene rings is 1. The minimum Gasteiger partial charge on any atom is -0.373 e. The number of thioether (sulfide) groups is 1. The highest BCUT2D eigenvalue weighted by Crippen LogP contribution is 2.48. The smallest absolute Gasteiger partial charge is 0.373 e. The summed E-state index contributed by atoms with van der Waals surface area (Å²) in [4.78, 5) is 9.21. The fourth-order valence-electron chi connectivity index (χ4n) is 3.66. The Hall–Kier alpha value is -1.93. The molecule has 8 heteroatoms. The Morgan fingerprint density at radius 1 is 1.19 bits per heavy atom. The largest absolute Gasteiger partial charge is 0.446 e. The lowest BCUT2D eigenvalue weighted by atomic mass is 10.2. The standard InChI is InChI=1S/C19H21F3N4S/c1-23-17-10-14(6-9-24-17)11-26-13-25(12-18(26)7-8-18)15-2-4-16(5-3-15)27-19(20,21)22/h2-6,9-10H,7-8,11-13H2,1H3,(H,23,24). The van der Waals surface area contributed by atoms with Gasteiger partial charge in [0.25, 0.3) is 0 Å². The molecule has 0 amide bonds. The molecule has 27 heavy (non-hydrogen) atoms. The van der Waals surface area contributed by atoms with Crippen molar-refractivity contribution in [3.8, 4) is 0 Å². The number of hydrogen-bond donors (Lipinski definition) is 1. The van der Waals surface area contributed by atoms with Gasteiger partial charge in [0.15, 0.2) is 0 Å². The van der Waals surface area contributed by atoms with Crippen molar-refractivity contribution in [3.63, 3.8) is 0 Å². The van der Waals surface area contributed by atoms with E-state index >= 15 is 0 Å². The van der Waals surface area contributed by atoms with Crippen molar-refractivity contribution in [3.05, 3.63) is 48.2 Å². The summed E-state index contributed by atoms with van der Waals surface area (Å²) < 4.78 is 37.5. The third kappa shape index (κ3) is 4.16. The van der Waals surface area contributed by atoms with E-state index in [9.17, 15) is 13.2 Å². The monoisotopic (exact) mass is 394 g/mol. The first-order chi connectivity index (χ1) is 12.9. The summed E-state index contributed by atoms with van der Waals surface area (Å²) in [6.07, 6.45) is 4.14. The lowest BCUT2D eigenvalue weighted by Crippen LogP contribution is -2.32. The third-order valence-electron chi connectivity index (χ3n) is 5.21. The second-order valence-corrected chi connectivity index (χ2v) is 8.24. The molecule has 0 unspecified atom stereocenters. The van der Waals surface area contributed by atoms with Crippen molar-refractivity contribution in [2.24, 2.45) is 0 Å². The molecule has 1 N–H and O–H groups in total. The van der Waals surface area contributed by atoms with Crippen LogP contribution in [0.4, 0.5) is 24.7 Å². The lowest BCUT2D eigenvalue weighted by molar-refractivity contribution is -0.0328. The first kappa shape index (κ1) is 18.4. The van der Waals surface area contributed by atoms with Crippen LogP contribution in [0.25, 0.3) is 0 Å². The van der Waals surface area contributed by atoms with Crippen LogP contribution < -0.4 is 10.2 Å². The quantitative estimate of drug-likeness (QED) is 0.752. The molecule has 4 nitrogen and oxygen atoms in total. The predicted molar refractivity (Wildman–Crippen MR) is 102 cm³/mol. The summed E-state index contributed by atoms with van der Waals surface area (Å²) in [7, 11) is 1.85. The van der Waals surface area contributed by atoms with Crippen molar-refractivity contribution < 1.29 is 13.2 Å². The van der Waals surface area contributed by atoms with Gasteiger partial charge >= 0.3 is 5.51 Å². The van der Waals surface area contributed by atoms with Crippen LogP contribution in [-0.4, -0.2) is 41.2 Å². The number of aromatic nitrogens is 1. The van der Waals surface area contributed by atoms with Gasteiger partial charge in [-0.15, -0.1) is 0 Å². The number of halogens is 3. The van der Waals surface area contributed by atoms with Gasteiger partial charge < -0.3 is 10.2 Å². The fraction of sp³-hybridized carbons (Fsp3) is 0.421. The van der Waals surface area contributed by atoms with E-state index in [1.807, 2.05) is 19.3 Å². The molecule has 144 valence electrons. The number of anilines is 2. The van der Waals surface area contributed by atoms with Crippen LogP contribution in [-0.2, 0) is 6.54 Å². The third-order valence-corrected chi connectivity index (χ3v) is 5.95. The maximum atomic E-state index is 12.5. The highest BCUT2D eigenvalue weighted by molar-refractivity contribution is 8.00. The Balaban J connectivity index is 1.45. The van der Waals surface area contributed by atoms with Gasteiger partial charge in [0.05, 0.1) is 6.67 Å². The molecule has 2 aromatic rings. The van der Waals surface area contributed by atoms with Crippen molar-refractivity contribution in [1.29, 1.82) is 0 Å². The number of alkyl halides is 3. The van der Waals surface area contributed by atoms with E-state index in [0.717, 1.165) is 44.1 Å². The van der Waals surface area contributed by atoms with Gasteiger partial charge in [-0.1, -0.05) is 0 Å². The average molecular weight is 394 g/mol.